The zero-order valence-electron chi connectivity index (χ0n) is 16.4. The molecule has 2 heterocycles. The van der Waals surface area contributed by atoms with Gasteiger partial charge < -0.3 is 15.0 Å². The molecule has 0 fully saturated rings. The van der Waals surface area contributed by atoms with Crippen molar-refractivity contribution in [3.63, 3.8) is 0 Å². The van der Waals surface area contributed by atoms with Crippen molar-refractivity contribution in [3.05, 3.63) is 87.9 Å². The Labute approximate surface area is 188 Å². The maximum absolute atomic E-state index is 11.7. The van der Waals surface area contributed by atoms with Gasteiger partial charge in [-0.25, -0.2) is 19.7 Å². The Balaban J connectivity index is 1.53. The normalized spacial score (nSPS) is 10.7. The van der Waals surface area contributed by atoms with Gasteiger partial charge in [-0.05, 0) is 42.0 Å². The number of methoxy groups -OCH3 is 1. The molecule has 0 saturated carbocycles. The summed E-state index contributed by atoms with van der Waals surface area (Å²) in [6, 6.07) is 14.1. The minimum atomic E-state index is -0.415. The van der Waals surface area contributed by atoms with E-state index in [4.69, 9.17) is 27.9 Å². The lowest BCUT2D eigenvalue weighted by Gasteiger charge is -2.07. The van der Waals surface area contributed by atoms with E-state index in [0.29, 0.717) is 45.2 Å². The highest BCUT2D eigenvalue weighted by Crippen LogP contribution is 2.27. The number of ether oxygens (including phenoxy) is 1. The second-order valence-corrected chi connectivity index (χ2v) is 7.40. The Morgan fingerprint density at radius 1 is 1.10 bits per heavy atom. The molecular weight excluding hydrogens is 437 g/mol. The Hall–Kier alpha value is -3.42. The zero-order valence-corrected chi connectivity index (χ0v) is 17.9. The molecule has 7 nitrogen and oxygen atoms in total. The number of anilines is 2. The van der Waals surface area contributed by atoms with Crippen molar-refractivity contribution in [2.24, 2.45) is 0 Å². The van der Waals surface area contributed by atoms with E-state index in [-0.39, 0.29) is 0 Å². The predicted molar refractivity (Wildman–Crippen MR) is 120 cm³/mol. The largest absolute Gasteiger partial charge is 0.465 e. The number of carbonyl (C=O) groups excluding carboxylic acids is 1. The van der Waals surface area contributed by atoms with Gasteiger partial charge in [0.05, 0.1) is 30.3 Å². The number of imidazole rings is 1. The van der Waals surface area contributed by atoms with Gasteiger partial charge in [0.2, 0.25) is 5.95 Å². The number of aromatic amines is 1. The van der Waals surface area contributed by atoms with E-state index in [9.17, 15) is 4.79 Å². The topological polar surface area (TPSA) is 92.8 Å². The predicted octanol–water partition coefficient (Wildman–Crippen LogP) is 5.29. The van der Waals surface area contributed by atoms with Gasteiger partial charge >= 0.3 is 5.97 Å². The summed E-state index contributed by atoms with van der Waals surface area (Å²) in [5.74, 6) is 0.677. The summed E-state index contributed by atoms with van der Waals surface area (Å²) >= 11 is 12.5. The van der Waals surface area contributed by atoms with Crippen LogP contribution in [0.1, 0.15) is 21.7 Å². The minimum Gasteiger partial charge on any atom is -0.465 e. The molecule has 31 heavy (non-hydrogen) atoms. The first-order chi connectivity index (χ1) is 15.0. The van der Waals surface area contributed by atoms with Crippen LogP contribution in [0.25, 0.3) is 11.4 Å². The van der Waals surface area contributed by atoms with Crippen LogP contribution in [0.15, 0.2) is 60.9 Å². The highest BCUT2D eigenvalue weighted by molar-refractivity contribution is 6.36. The van der Waals surface area contributed by atoms with Crippen molar-refractivity contribution in [1.82, 2.24) is 19.9 Å². The van der Waals surface area contributed by atoms with Crippen LogP contribution in [-0.4, -0.2) is 33.0 Å². The third kappa shape index (κ3) is 4.84. The average Bonchev–Trinajstić information content (AvgIpc) is 3.25. The minimum absolute atomic E-state index is 0.379. The molecule has 2 aromatic carbocycles. The molecule has 0 unspecified atom stereocenters. The Morgan fingerprint density at radius 2 is 1.87 bits per heavy atom. The molecule has 2 aromatic heterocycles. The monoisotopic (exact) mass is 453 g/mol. The average molecular weight is 454 g/mol. The molecule has 0 saturated heterocycles. The molecule has 0 atom stereocenters. The summed E-state index contributed by atoms with van der Waals surface area (Å²) < 4.78 is 4.75. The molecule has 4 aromatic rings. The first-order valence-electron chi connectivity index (χ1n) is 9.29. The molecule has 0 amide bonds. The number of aromatic nitrogens is 4. The van der Waals surface area contributed by atoms with Crippen LogP contribution >= 0.6 is 23.2 Å². The van der Waals surface area contributed by atoms with Crippen molar-refractivity contribution < 1.29 is 9.53 Å². The van der Waals surface area contributed by atoms with Gasteiger partial charge in [-0.15, -0.1) is 0 Å². The Kier molecular flexibility index (Phi) is 6.16. The smallest absolute Gasteiger partial charge is 0.337 e. The van der Waals surface area contributed by atoms with E-state index < -0.39 is 5.97 Å². The van der Waals surface area contributed by atoms with E-state index in [2.05, 4.69) is 25.3 Å². The Bertz CT molecular complexity index is 1220. The Morgan fingerprint density at radius 3 is 2.65 bits per heavy atom. The summed E-state index contributed by atoms with van der Waals surface area (Å²) in [4.78, 5) is 28.2. The van der Waals surface area contributed by atoms with Crippen molar-refractivity contribution in [2.45, 2.75) is 6.42 Å². The van der Waals surface area contributed by atoms with Gasteiger partial charge in [-0.3, -0.25) is 0 Å². The van der Waals surface area contributed by atoms with Crippen LogP contribution in [0, 0.1) is 0 Å². The molecule has 0 bridgehead atoms. The lowest BCUT2D eigenvalue weighted by molar-refractivity contribution is 0.0601. The molecule has 0 radical (unpaired) electrons. The number of hydrogen-bond acceptors (Lipinski definition) is 6. The summed E-state index contributed by atoms with van der Waals surface area (Å²) in [5.41, 5.74) is 3.29. The first kappa shape index (κ1) is 20.8. The van der Waals surface area contributed by atoms with Crippen LogP contribution in [0.4, 0.5) is 11.6 Å². The number of hydrogen-bond donors (Lipinski definition) is 2. The number of carbonyl (C=O) groups is 1. The number of benzene rings is 2. The molecule has 156 valence electrons. The maximum Gasteiger partial charge on any atom is 0.337 e. The number of nitrogens with one attached hydrogen (secondary N) is 2. The molecule has 2 N–H and O–H groups in total. The van der Waals surface area contributed by atoms with Gasteiger partial charge in [0, 0.05) is 28.4 Å². The fourth-order valence-electron chi connectivity index (χ4n) is 2.99. The van der Waals surface area contributed by atoms with E-state index >= 15 is 0 Å². The quantitative estimate of drug-likeness (QED) is 0.385. The van der Waals surface area contributed by atoms with Crippen LogP contribution in [0.5, 0.6) is 0 Å². The number of rotatable bonds is 6. The molecule has 0 aliphatic carbocycles. The standard InChI is InChI=1S/C22H17Cl2N5O2/c1-31-21(30)13-4-2-5-14(10-13)27-22-25-9-8-18(29-22)19-12-26-20(28-19)11-15-16(23)6-3-7-17(15)24/h2-10,12H,11H2,1H3,(H,26,28)(H,25,27,29). The number of esters is 1. The molecule has 9 heteroatoms. The summed E-state index contributed by atoms with van der Waals surface area (Å²) in [6.07, 6.45) is 3.80. The maximum atomic E-state index is 11.7. The van der Waals surface area contributed by atoms with Crippen molar-refractivity contribution in [3.8, 4) is 11.4 Å². The van der Waals surface area contributed by atoms with Crippen LogP contribution in [0.3, 0.4) is 0 Å². The molecular formula is C22H17Cl2N5O2. The molecule has 0 aliphatic heterocycles. The van der Waals surface area contributed by atoms with Crippen LogP contribution < -0.4 is 5.32 Å². The zero-order chi connectivity index (χ0) is 21.8. The summed E-state index contributed by atoms with van der Waals surface area (Å²) in [5, 5.41) is 4.28. The number of nitrogens with zero attached hydrogens (tertiary/aromatic N) is 3. The fourth-order valence-corrected chi connectivity index (χ4v) is 3.52. The number of halogens is 2. The third-order valence-electron chi connectivity index (χ3n) is 4.51. The molecule has 0 aliphatic rings. The van der Waals surface area contributed by atoms with E-state index in [1.165, 1.54) is 7.11 Å². The van der Waals surface area contributed by atoms with Gasteiger partial charge in [-0.2, -0.15) is 0 Å². The first-order valence-corrected chi connectivity index (χ1v) is 10.0. The molecule has 4 rings (SSSR count). The van der Waals surface area contributed by atoms with Gasteiger partial charge in [-0.1, -0.05) is 35.3 Å². The number of H-pyrrole nitrogens is 1. The van der Waals surface area contributed by atoms with E-state index in [1.54, 1.807) is 54.9 Å². The highest BCUT2D eigenvalue weighted by Gasteiger charge is 2.12. The van der Waals surface area contributed by atoms with Crippen LogP contribution in [0.2, 0.25) is 10.0 Å². The lowest BCUT2D eigenvalue weighted by atomic mass is 10.1. The third-order valence-corrected chi connectivity index (χ3v) is 5.21. The highest BCUT2D eigenvalue weighted by atomic mass is 35.5. The fraction of sp³-hybridized carbons (Fsp3) is 0.0909. The molecule has 0 spiro atoms. The van der Waals surface area contributed by atoms with Gasteiger partial charge in [0.25, 0.3) is 0 Å². The second-order valence-electron chi connectivity index (χ2n) is 6.58. The van der Waals surface area contributed by atoms with E-state index in [1.807, 2.05) is 6.07 Å². The SMILES string of the molecule is COC(=O)c1cccc(Nc2nccc(-c3cnc(Cc4c(Cl)cccc4Cl)[nH]3)n2)c1. The van der Waals surface area contributed by atoms with Gasteiger partial charge in [0.15, 0.2) is 0 Å². The second kappa shape index (κ2) is 9.16. The van der Waals surface area contributed by atoms with Crippen molar-refractivity contribution in [1.29, 1.82) is 0 Å². The van der Waals surface area contributed by atoms with Crippen LogP contribution in [-0.2, 0) is 11.2 Å². The van der Waals surface area contributed by atoms with Crippen molar-refractivity contribution in [2.75, 3.05) is 12.4 Å². The van der Waals surface area contributed by atoms with Crippen molar-refractivity contribution >= 4 is 40.8 Å². The van der Waals surface area contributed by atoms with E-state index in [0.717, 1.165) is 11.3 Å². The lowest BCUT2D eigenvalue weighted by Crippen LogP contribution is -2.03. The van der Waals surface area contributed by atoms with Gasteiger partial charge in [0.1, 0.15) is 5.82 Å². The summed E-state index contributed by atoms with van der Waals surface area (Å²) in [7, 11) is 1.34. The summed E-state index contributed by atoms with van der Waals surface area (Å²) in [6.45, 7) is 0.